The summed E-state index contributed by atoms with van der Waals surface area (Å²) in [6.07, 6.45) is 3.11. The summed E-state index contributed by atoms with van der Waals surface area (Å²) in [6, 6.07) is 8.31. The topological polar surface area (TPSA) is 39.2 Å². The van der Waals surface area contributed by atoms with E-state index in [1.54, 1.807) is 36.6 Å². The van der Waals surface area contributed by atoms with Crippen molar-refractivity contribution in [3.63, 3.8) is 0 Å². The van der Waals surface area contributed by atoms with E-state index in [1.807, 2.05) is 0 Å². The number of nitrogens with zero attached hydrogens (tertiary/aromatic N) is 1. The van der Waals surface area contributed by atoms with E-state index in [2.05, 4.69) is 4.98 Å². The van der Waals surface area contributed by atoms with E-state index in [0.717, 1.165) is 0 Å². The summed E-state index contributed by atoms with van der Waals surface area (Å²) in [5.74, 6) is 0.949. The van der Waals surface area contributed by atoms with E-state index in [1.165, 1.54) is 6.20 Å². The predicted molar refractivity (Wildman–Crippen MR) is 73.1 cm³/mol. The highest BCUT2D eigenvalue weighted by atomic mass is 35.5. The predicted octanol–water partition coefficient (Wildman–Crippen LogP) is 3.92. The van der Waals surface area contributed by atoms with E-state index < -0.39 is 10.8 Å². The number of pyridine rings is 1. The molecule has 0 unspecified atom stereocenters. The Balaban J connectivity index is 2.18. The van der Waals surface area contributed by atoms with Gasteiger partial charge in [0.25, 0.3) is 0 Å². The lowest BCUT2D eigenvalue weighted by Gasteiger charge is -2.06. The van der Waals surface area contributed by atoms with Crippen molar-refractivity contribution >= 4 is 34.0 Å². The first kappa shape index (κ1) is 13.3. The largest absolute Gasteiger partial charge is 0.439 e. The molecule has 0 bridgehead atoms. The van der Waals surface area contributed by atoms with Crippen LogP contribution in [0.5, 0.6) is 11.6 Å². The van der Waals surface area contributed by atoms with Gasteiger partial charge in [0.2, 0.25) is 5.88 Å². The molecule has 1 atom stereocenters. The Labute approximate surface area is 117 Å². The summed E-state index contributed by atoms with van der Waals surface area (Å²) in [5, 5.41) is 0.883. The zero-order chi connectivity index (χ0) is 13.1. The van der Waals surface area contributed by atoms with Gasteiger partial charge in [-0.2, -0.15) is 0 Å². The number of halogens is 2. The van der Waals surface area contributed by atoms with Crippen molar-refractivity contribution < 1.29 is 8.95 Å². The normalized spacial score (nSPS) is 12.2. The quantitative estimate of drug-likeness (QED) is 0.862. The molecular formula is C12H9Cl2NO2S. The van der Waals surface area contributed by atoms with Crippen molar-refractivity contribution in [2.75, 3.05) is 6.26 Å². The SMILES string of the molecule is C[S@](=O)c1ccc(Oc2ccc(Cl)c(Cl)c2)nc1. The highest BCUT2D eigenvalue weighted by Gasteiger charge is 2.04. The molecular weight excluding hydrogens is 293 g/mol. The van der Waals surface area contributed by atoms with Crippen LogP contribution in [0, 0.1) is 0 Å². The molecule has 94 valence electrons. The summed E-state index contributed by atoms with van der Waals surface area (Å²) >= 11 is 11.7. The number of hydrogen-bond acceptors (Lipinski definition) is 3. The summed E-state index contributed by atoms with van der Waals surface area (Å²) in [6.45, 7) is 0. The van der Waals surface area contributed by atoms with Gasteiger partial charge >= 0.3 is 0 Å². The first-order valence-electron chi connectivity index (χ1n) is 4.98. The first-order chi connectivity index (χ1) is 8.56. The van der Waals surface area contributed by atoms with Crippen LogP contribution in [0.25, 0.3) is 0 Å². The molecule has 18 heavy (non-hydrogen) atoms. The number of ether oxygens (including phenoxy) is 1. The second-order valence-corrected chi connectivity index (χ2v) is 5.66. The molecule has 0 spiro atoms. The summed E-state index contributed by atoms with van der Waals surface area (Å²) in [7, 11) is -1.05. The molecule has 0 amide bonds. The van der Waals surface area contributed by atoms with Crippen molar-refractivity contribution in [3.05, 3.63) is 46.6 Å². The molecule has 0 aliphatic carbocycles. The molecule has 2 rings (SSSR count). The van der Waals surface area contributed by atoms with Crippen molar-refractivity contribution in [2.24, 2.45) is 0 Å². The number of benzene rings is 1. The molecule has 0 N–H and O–H groups in total. The Kier molecular flexibility index (Phi) is 4.22. The summed E-state index contributed by atoms with van der Waals surface area (Å²) in [4.78, 5) is 4.71. The highest BCUT2D eigenvalue weighted by Crippen LogP contribution is 2.28. The van der Waals surface area contributed by atoms with Crippen LogP contribution in [0.2, 0.25) is 10.0 Å². The van der Waals surface area contributed by atoms with Gasteiger partial charge < -0.3 is 4.74 Å². The standard InChI is InChI=1S/C12H9Cl2NO2S/c1-18(16)9-3-5-12(15-7-9)17-8-2-4-10(13)11(14)6-8/h2-7H,1H3/t18-/m0/s1. The maximum Gasteiger partial charge on any atom is 0.219 e. The maximum atomic E-state index is 11.2. The van der Waals surface area contributed by atoms with Gasteiger partial charge in [-0.15, -0.1) is 0 Å². The molecule has 0 fully saturated rings. The Morgan fingerprint density at radius 3 is 2.50 bits per heavy atom. The van der Waals surface area contributed by atoms with Crippen molar-refractivity contribution in [3.8, 4) is 11.6 Å². The van der Waals surface area contributed by atoms with Gasteiger partial charge in [0, 0.05) is 24.6 Å². The lowest BCUT2D eigenvalue weighted by molar-refractivity contribution is 0.462. The molecule has 1 heterocycles. The Hall–Kier alpha value is -1.10. The summed E-state index contributed by atoms with van der Waals surface area (Å²) < 4.78 is 16.7. The molecule has 0 radical (unpaired) electrons. The lowest BCUT2D eigenvalue weighted by Crippen LogP contribution is -1.91. The zero-order valence-corrected chi connectivity index (χ0v) is 11.7. The van der Waals surface area contributed by atoms with Crippen LogP contribution in [0.15, 0.2) is 41.4 Å². The molecule has 3 nitrogen and oxygen atoms in total. The maximum absolute atomic E-state index is 11.2. The lowest BCUT2D eigenvalue weighted by atomic mass is 10.3. The number of rotatable bonds is 3. The fourth-order valence-corrected chi connectivity index (χ4v) is 2.01. The van der Waals surface area contributed by atoms with Gasteiger partial charge in [-0.25, -0.2) is 4.98 Å². The second-order valence-electron chi connectivity index (χ2n) is 3.46. The highest BCUT2D eigenvalue weighted by molar-refractivity contribution is 7.84. The van der Waals surface area contributed by atoms with E-state index in [-0.39, 0.29) is 0 Å². The fraction of sp³-hybridized carbons (Fsp3) is 0.0833. The molecule has 6 heteroatoms. The van der Waals surface area contributed by atoms with Gasteiger partial charge in [-0.1, -0.05) is 23.2 Å². The molecule has 0 saturated heterocycles. The van der Waals surface area contributed by atoms with E-state index >= 15 is 0 Å². The van der Waals surface area contributed by atoms with Gasteiger partial charge in [0.1, 0.15) is 5.75 Å². The van der Waals surface area contributed by atoms with Crippen LogP contribution in [0.4, 0.5) is 0 Å². The Bertz CT molecular complexity index is 587. The van der Waals surface area contributed by atoms with Crippen molar-refractivity contribution in [1.29, 1.82) is 0 Å². The third-order valence-electron chi connectivity index (χ3n) is 2.15. The molecule has 0 saturated carbocycles. The van der Waals surface area contributed by atoms with Crippen LogP contribution in [-0.4, -0.2) is 15.4 Å². The smallest absolute Gasteiger partial charge is 0.219 e. The molecule has 1 aromatic carbocycles. The third-order valence-corrected chi connectivity index (χ3v) is 3.80. The Morgan fingerprint density at radius 2 is 1.94 bits per heavy atom. The minimum Gasteiger partial charge on any atom is -0.439 e. The first-order valence-corrected chi connectivity index (χ1v) is 7.30. The monoisotopic (exact) mass is 301 g/mol. The minimum atomic E-state index is -1.05. The average molecular weight is 302 g/mol. The van der Waals surface area contributed by atoms with Crippen LogP contribution in [0.1, 0.15) is 0 Å². The molecule has 1 aromatic heterocycles. The third kappa shape index (κ3) is 3.22. The second kappa shape index (κ2) is 5.69. The average Bonchev–Trinajstić information content (AvgIpc) is 2.34. The van der Waals surface area contributed by atoms with Crippen LogP contribution >= 0.6 is 23.2 Å². The van der Waals surface area contributed by atoms with Crippen LogP contribution < -0.4 is 4.74 Å². The molecule has 2 aromatic rings. The zero-order valence-electron chi connectivity index (χ0n) is 9.39. The number of hydrogen-bond donors (Lipinski definition) is 0. The van der Waals surface area contributed by atoms with Gasteiger partial charge in [-0.05, 0) is 18.2 Å². The minimum absolute atomic E-state index is 0.405. The molecule has 0 aliphatic rings. The van der Waals surface area contributed by atoms with E-state index in [9.17, 15) is 4.21 Å². The number of aromatic nitrogens is 1. The fourth-order valence-electron chi connectivity index (χ4n) is 1.26. The van der Waals surface area contributed by atoms with Gasteiger partial charge in [0.15, 0.2) is 0 Å². The van der Waals surface area contributed by atoms with Crippen molar-refractivity contribution in [2.45, 2.75) is 4.90 Å². The van der Waals surface area contributed by atoms with Crippen LogP contribution in [0.3, 0.4) is 0 Å². The van der Waals surface area contributed by atoms with Gasteiger partial charge in [0.05, 0.1) is 25.7 Å². The Morgan fingerprint density at radius 1 is 1.17 bits per heavy atom. The van der Waals surface area contributed by atoms with E-state index in [0.29, 0.717) is 26.6 Å². The van der Waals surface area contributed by atoms with Crippen molar-refractivity contribution in [1.82, 2.24) is 4.98 Å². The van der Waals surface area contributed by atoms with E-state index in [4.69, 9.17) is 27.9 Å². The summed E-state index contributed by atoms with van der Waals surface area (Å²) in [5.41, 5.74) is 0. The van der Waals surface area contributed by atoms with Gasteiger partial charge in [-0.3, -0.25) is 4.21 Å². The molecule has 0 aliphatic heterocycles. The van der Waals surface area contributed by atoms with Crippen LogP contribution in [-0.2, 0) is 10.8 Å².